The summed E-state index contributed by atoms with van der Waals surface area (Å²) in [6, 6.07) is 13.9. The molecule has 3 aromatic rings. The van der Waals surface area contributed by atoms with Crippen LogP contribution in [-0.4, -0.2) is 70.6 Å². The maximum absolute atomic E-state index is 13.6. The normalized spacial score (nSPS) is 16.5. The molecular formula is C29H31N5O3. The largest absolute Gasteiger partial charge is 0.378 e. The van der Waals surface area contributed by atoms with E-state index in [2.05, 4.69) is 11.1 Å². The van der Waals surface area contributed by atoms with Gasteiger partial charge in [-0.15, -0.1) is 0 Å². The molecule has 2 aromatic carbocycles. The van der Waals surface area contributed by atoms with Gasteiger partial charge >= 0.3 is 0 Å². The highest BCUT2D eigenvalue weighted by molar-refractivity contribution is 5.97. The lowest BCUT2D eigenvalue weighted by Gasteiger charge is -2.33. The number of rotatable bonds is 4. The molecule has 2 fully saturated rings. The van der Waals surface area contributed by atoms with Crippen molar-refractivity contribution in [2.24, 2.45) is 0 Å². The number of benzene rings is 2. The van der Waals surface area contributed by atoms with Crippen molar-refractivity contribution in [2.75, 3.05) is 39.4 Å². The maximum atomic E-state index is 13.6. The minimum atomic E-state index is -0.0895. The summed E-state index contributed by atoms with van der Waals surface area (Å²) in [5, 5.41) is 9.47. The van der Waals surface area contributed by atoms with Crippen molar-refractivity contribution in [1.29, 1.82) is 5.26 Å². The van der Waals surface area contributed by atoms with E-state index in [0.29, 0.717) is 56.2 Å². The highest BCUT2D eigenvalue weighted by Gasteiger charge is 2.28. The molecule has 8 nitrogen and oxygen atoms in total. The van der Waals surface area contributed by atoms with Crippen molar-refractivity contribution < 1.29 is 14.3 Å². The number of ether oxygens (including phenoxy) is 1. The van der Waals surface area contributed by atoms with Crippen LogP contribution >= 0.6 is 0 Å². The number of morpholine rings is 1. The second-order valence-electron chi connectivity index (χ2n) is 9.77. The van der Waals surface area contributed by atoms with Gasteiger partial charge in [0.2, 0.25) is 0 Å². The Morgan fingerprint density at radius 2 is 1.68 bits per heavy atom. The molecule has 2 saturated heterocycles. The second-order valence-corrected chi connectivity index (χ2v) is 9.77. The van der Waals surface area contributed by atoms with Gasteiger partial charge in [0.05, 0.1) is 43.1 Å². The smallest absolute Gasteiger partial charge is 0.272 e. The Morgan fingerprint density at radius 1 is 0.973 bits per heavy atom. The Kier molecular flexibility index (Phi) is 7.06. The van der Waals surface area contributed by atoms with Crippen molar-refractivity contribution >= 4 is 11.8 Å². The molecule has 8 heteroatoms. The van der Waals surface area contributed by atoms with Crippen LogP contribution < -0.4 is 0 Å². The fraction of sp³-hybridized carbons (Fsp3) is 0.379. The fourth-order valence-corrected chi connectivity index (χ4v) is 5.42. The molecule has 2 amide bonds. The predicted molar refractivity (Wildman–Crippen MR) is 139 cm³/mol. The molecule has 1 aromatic heterocycles. The van der Waals surface area contributed by atoms with E-state index in [4.69, 9.17) is 4.74 Å². The summed E-state index contributed by atoms with van der Waals surface area (Å²) >= 11 is 0. The first kappa shape index (κ1) is 24.7. The van der Waals surface area contributed by atoms with E-state index in [-0.39, 0.29) is 17.7 Å². The van der Waals surface area contributed by atoms with Crippen molar-refractivity contribution in [3.63, 3.8) is 0 Å². The summed E-state index contributed by atoms with van der Waals surface area (Å²) in [5.41, 5.74) is 5.55. The molecule has 190 valence electrons. The lowest BCUT2D eigenvalue weighted by molar-refractivity contribution is 0.0297. The zero-order chi connectivity index (χ0) is 25.9. The van der Waals surface area contributed by atoms with Gasteiger partial charge in [0.1, 0.15) is 5.69 Å². The first-order valence-electron chi connectivity index (χ1n) is 12.8. The van der Waals surface area contributed by atoms with E-state index in [1.54, 1.807) is 22.0 Å². The van der Waals surface area contributed by atoms with Crippen molar-refractivity contribution in [3.8, 4) is 11.8 Å². The van der Waals surface area contributed by atoms with Crippen LogP contribution in [0.15, 0.2) is 48.9 Å². The first-order valence-corrected chi connectivity index (χ1v) is 12.8. The van der Waals surface area contributed by atoms with Crippen LogP contribution in [0.4, 0.5) is 0 Å². The van der Waals surface area contributed by atoms with Gasteiger partial charge in [-0.3, -0.25) is 14.2 Å². The topological polar surface area (TPSA) is 91.5 Å². The quantitative estimate of drug-likeness (QED) is 0.546. The predicted octanol–water partition coefficient (Wildman–Crippen LogP) is 3.85. The number of amides is 2. The highest BCUT2D eigenvalue weighted by atomic mass is 16.5. The van der Waals surface area contributed by atoms with Gasteiger partial charge in [0.15, 0.2) is 0 Å². The van der Waals surface area contributed by atoms with Gasteiger partial charge < -0.3 is 14.5 Å². The number of piperidine rings is 1. The number of nitriles is 1. The molecule has 0 N–H and O–H groups in total. The Bertz CT molecular complexity index is 1360. The fourth-order valence-electron chi connectivity index (χ4n) is 5.42. The van der Waals surface area contributed by atoms with Crippen LogP contribution in [0.25, 0.3) is 5.69 Å². The van der Waals surface area contributed by atoms with E-state index in [1.807, 2.05) is 55.1 Å². The summed E-state index contributed by atoms with van der Waals surface area (Å²) in [4.78, 5) is 34.8. The third-order valence-corrected chi connectivity index (χ3v) is 7.49. The highest BCUT2D eigenvalue weighted by Crippen LogP contribution is 2.31. The Hall–Kier alpha value is -3.96. The second kappa shape index (κ2) is 10.6. The maximum Gasteiger partial charge on any atom is 0.272 e. The minimum absolute atomic E-state index is 0.00746. The summed E-state index contributed by atoms with van der Waals surface area (Å²) < 4.78 is 7.17. The number of aromatic nitrogens is 2. The van der Waals surface area contributed by atoms with Crippen LogP contribution in [0.5, 0.6) is 0 Å². The molecule has 0 saturated carbocycles. The average molecular weight is 498 g/mol. The molecule has 0 atom stereocenters. The lowest BCUT2D eigenvalue weighted by atomic mass is 9.86. The van der Waals surface area contributed by atoms with E-state index < -0.39 is 0 Å². The third-order valence-electron chi connectivity index (χ3n) is 7.49. The molecule has 0 radical (unpaired) electrons. The first-order chi connectivity index (χ1) is 18.0. The molecule has 37 heavy (non-hydrogen) atoms. The Labute approximate surface area is 217 Å². The molecule has 2 aliphatic rings. The molecular weight excluding hydrogens is 466 g/mol. The summed E-state index contributed by atoms with van der Waals surface area (Å²) in [7, 11) is 0. The number of carbonyl (C=O) groups excluding carboxylic acids is 2. The van der Waals surface area contributed by atoms with Crippen LogP contribution in [0.1, 0.15) is 61.9 Å². The van der Waals surface area contributed by atoms with Crippen LogP contribution in [0.3, 0.4) is 0 Å². The van der Waals surface area contributed by atoms with Gasteiger partial charge in [-0.25, -0.2) is 4.98 Å². The molecule has 0 spiro atoms. The monoisotopic (exact) mass is 497 g/mol. The number of imidazole rings is 1. The van der Waals surface area contributed by atoms with Crippen LogP contribution in [0.2, 0.25) is 0 Å². The van der Waals surface area contributed by atoms with Crippen molar-refractivity contribution in [3.05, 3.63) is 82.4 Å². The molecule has 5 rings (SSSR count). The van der Waals surface area contributed by atoms with Gasteiger partial charge in [0, 0.05) is 31.7 Å². The molecule has 0 bridgehead atoms. The van der Waals surface area contributed by atoms with Crippen molar-refractivity contribution in [2.45, 2.75) is 32.6 Å². The van der Waals surface area contributed by atoms with Gasteiger partial charge in [-0.2, -0.15) is 5.26 Å². The molecule has 0 aliphatic carbocycles. The molecule has 0 unspecified atom stereocenters. The zero-order valence-electron chi connectivity index (χ0n) is 21.3. The van der Waals surface area contributed by atoms with E-state index >= 15 is 0 Å². The standard InChI is InChI=1S/C29H31N5O3/c1-20-15-21(2)26(34-19-31-18-27(34)29(36)33-11-13-37-14-12-33)16-25(20)28(35)32-9-7-22(8-10-32)24-6-4-3-5-23(24)17-30/h3-6,15-16,18-19,22H,7-14H2,1-2H3. The molecule has 3 heterocycles. The van der Waals surface area contributed by atoms with Crippen LogP contribution in [0, 0.1) is 25.2 Å². The van der Waals surface area contributed by atoms with Crippen LogP contribution in [-0.2, 0) is 4.74 Å². The number of hydrogen-bond donors (Lipinski definition) is 0. The van der Waals surface area contributed by atoms with Gasteiger partial charge in [-0.1, -0.05) is 24.3 Å². The van der Waals surface area contributed by atoms with E-state index in [0.717, 1.165) is 35.2 Å². The third kappa shape index (κ3) is 4.87. The Balaban J connectivity index is 1.37. The summed E-state index contributed by atoms with van der Waals surface area (Å²) in [5.74, 6) is 0.176. The van der Waals surface area contributed by atoms with E-state index in [9.17, 15) is 14.9 Å². The SMILES string of the molecule is Cc1cc(C)c(-n2cncc2C(=O)N2CCOCC2)cc1C(=O)N1CCC(c2ccccc2C#N)CC1. The summed E-state index contributed by atoms with van der Waals surface area (Å²) in [6.07, 6.45) is 4.87. The number of carbonyl (C=O) groups is 2. The number of likely N-dealkylation sites (tertiary alicyclic amines) is 1. The van der Waals surface area contributed by atoms with Gasteiger partial charge in [-0.05, 0) is 61.4 Å². The number of aryl methyl sites for hydroxylation is 2. The van der Waals surface area contributed by atoms with E-state index in [1.165, 1.54) is 0 Å². The summed E-state index contributed by atoms with van der Waals surface area (Å²) in [6.45, 7) is 7.37. The minimum Gasteiger partial charge on any atom is -0.378 e. The van der Waals surface area contributed by atoms with Gasteiger partial charge in [0.25, 0.3) is 11.8 Å². The number of hydrogen-bond acceptors (Lipinski definition) is 5. The number of nitrogens with zero attached hydrogens (tertiary/aromatic N) is 5. The Morgan fingerprint density at radius 3 is 2.41 bits per heavy atom. The molecule has 2 aliphatic heterocycles. The van der Waals surface area contributed by atoms with Crippen molar-refractivity contribution in [1.82, 2.24) is 19.4 Å². The average Bonchev–Trinajstić information content (AvgIpc) is 3.42. The zero-order valence-corrected chi connectivity index (χ0v) is 21.3. The lowest BCUT2D eigenvalue weighted by Crippen LogP contribution is -2.41.